The first-order valence-corrected chi connectivity index (χ1v) is 9.48. The number of carbonyl (C=O) groups excluding carboxylic acids is 1. The molecule has 1 aromatic rings. The molecule has 0 bridgehead atoms. The topological polar surface area (TPSA) is 63.5 Å². The minimum atomic E-state index is -0.0390. The van der Waals surface area contributed by atoms with Crippen LogP contribution >= 0.6 is 0 Å². The summed E-state index contributed by atoms with van der Waals surface area (Å²) in [5, 5.41) is 3.04. The molecule has 1 aromatic carbocycles. The number of aryl methyl sites for hydroxylation is 2. The van der Waals surface area contributed by atoms with Gasteiger partial charge in [-0.1, -0.05) is 17.7 Å². The average Bonchev–Trinajstić information content (AvgIpc) is 3.03. The molecule has 1 atom stereocenters. The quantitative estimate of drug-likeness (QED) is 0.874. The number of rotatable bonds is 2. The fraction of sp³-hybridized carbons (Fsp3) is 0.450. The number of fused-ring (bicyclic) bond motifs is 1. The molecule has 3 aliphatic rings. The number of aliphatic imine (C=N–C) groups is 2. The van der Waals surface area contributed by atoms with Gasteiger partial charge in [-0.3, -0.25) is 4.99 Å². The molecule has 0 saturated carbocycles. The predicted molar refractivity (Wildman–Crippen MR) is 108 cm³/mol. The molecular formula is C20H26N6O. The van der Waals surface area contributed by atoms with Gasteiger partial charge in [0.05, 0.1) is 12.4 Å². The SMILES string of the molecule is Cc1ccc(NC(=O)N2CCN(C3=CC4=NC(C)CN4C=N3)CC2)c(C)c1. The van der Waals surface area contributed by atoms with Crippen LogP contribution in [0.3, 0.4) is 0 Å². The summed E-state index contributed by atoms with van der Waals surface area (Å²) in [6.45, 7) is 9.97. The van der Waals surface area contributed by atoms with Crippen LogP contribution in [0.15, 0.2) is 40.1 Å². The van der Waals surface area contributed by atoms with E-state index in [1.54, 1.807) is 0 Å². The third kappa shape index (κ3) is 3.67. The highest BCUT2D eigenvalue weighted by molar-refractivity contribution is 6.03. The van der Waals surface area contributed by atoms with Gasteiger partial charge in [-0.25, -0.2) is 9.79 Å². The highest BCUT2D eigenvalue weighted by Gasteiger charge is 2.27. The number of anilines is 1. The number of carbonyl (C=O) groups is 1. The van der Waals surface area contributed by atoms with Gasteiger partial charge in [-0.15, -0.1) is 0 Å². The van der Waals surface area contributed by atoms with Gasteiger partial charge in [-0.2, -0.15) is 0 Å². The zero-order valence-corrected chi connectivity index (χ0v) is 16.1. The molecule has 1 saturated heterocycles. The van der Waals surface area contributed by atoms with Crippen LogP contribution < -0.4 is 5.32 Å². The number of benzene rings is 1. The predicted octanol–water partition coefficient (Wildman–Crippen LogP) is 2.44. The van der Waals surface area contributed by atoms with E-state index in [1.165, 1.54) is 5.56 Å². The molecule has 0 aliphatic carbocycles. The molecule has 0 radical (unpaired) electrons. The molecule has 1 N–H and O–H groups in total. The van der Waals surface area contributed by atoms with Crippen LogP contribution in [0, 0.1) is 13.8 Å². The Kier molecular flexibility index (Phi) is 4.59. The van der Waals surface area contributed by atoms with Gasteiger partial charge in [-0.05, 0) is 32.4 Å². The molecule has 3 heterocycles. The molecule has 4 rings (SSSR count). The summed E-state index contributed by atoms with van der Waals surface area (Å²) in [6, 6.07) is 6.34. The Morgan fingerprint density at radius 1 is 1.19 bits per heavy atom. The number of hydrogen-bond donors (Lipinski definition) is 1. The summed E-state index contributed by atoms with van der Waals surface area (Å²) in [5.74, 6) is 1.93. The van der Waals surface area contributed by atoms with Crippen LogP contribution in [0.4, 0.5) is 10.5 Å². The van der Waals surface area contributed by atoms with Gasteiger partial charge < -0.3 is 20.0 Å². The number of piperazine rings is 1. The molecule has 1 unspecified atom stereocenters. The summed E-state index contributed by atoms with van der Waals surface area (Å²) in [4.78, 5) is 28.0. The molecule has 27 heavy (non-hydrogen) atoms. The van der Waals surface area contributed by atoms with Gasteiger partial charge in [0, 0.05) is 44.5 Å². The first-order chi connectivity index (χ1) is 13.0. The minimum absolute atomic E-state index is 0.0390. The summed E-state index contributed by atoms with van der Waals surface area (Å²) < 4.78 is 0. The Morgan fingerprint density at radius 2 is 1.96 bits per heavy atom. The van der Waals surface area contributed by atoms with Crippen molar-refractivity contribution in [2.45, 2.75) is 26.8 Å². The maximum absolute atomic E-state index is 12.6. The van der Waals surface area contributed by atoms with Crippen molar-refractivity contribution >= 4 is 23.9 Å². The van der Waals surface area contributed by atoms with Crippen molar-refractivity contribution in [3.8, 4) is 0 Å². The molecule has 2 amide bonds. The van der Waals surface area contributed by atoms with Crippen LogP contribution in [0.1, 0.15) is 18.1 Å². The monoisotopic (exact) mass is 366 g/mol. The molecule has 7 nitrogen and oxygen atoms in total. The highest BCUT2D eigenvalue weighted by atomic mass is 16.2. The Labute approximate surface area is 160 Å². The zero-order chi connectivity index (χ0) is 19.0. The Bertz CT molecular complexity index is 835. The minimum Gasteiger partial charge on any atom is -0.353 e. The second-order valence-electron chi connectivity index (χ2n) is 7.46. The van der Waals surface area contributed by atoms with Crippen molar-refractivity contribution in [2.24, 2.45) is 9.98 Å². The molecule has 142 valence electrons. The Morgan fingerprint density at radius 3 is 2.70 bits per heavy atom. The van der Waals surface area contributed by atoms with E-state index in [2.05, 4.69) is 51.1 Å². The lowest BCUT2D eigenvalue weighted by molar-refractivity contribution is 0.167. The summed E-state index contributed by atoms with van der Waals surface area (Å²) in [7, 11) is 0. The van der Waals surface area contributed by atoms with Crippen LogP contribution in [-0.4, -0.2) is 71.7 Å². The molecule has 0 spiro atoms. The van der Waals surface area contributed by atoms with Crippen molar-refractivity contribution < 1.29 is 4.79 Å². The largest absolute Gasteiger partial charge is 0.353 e. The normalized spacial score (nSPS) is 21.7. The van der Waals surface area contributed by atoms with Crippen molar-refractivity contribution in [3.63, 3.8) is 0 Å². The van der Waals surface area contributed by atoms with Crippen LogP contribution in [-0.2, 0) is 0 Å². The van der Waals surface area contributed by atoms with Crippen molar-refractivity contribution in [1.29, 1.82) is 0 Å². The molecule has 1 fully saturated rings. The fourth-order valence-electron chi connectivity index (χ4n) is 3.69. The Balaban J connectivity index is 1.35. The van der Waals surface area contributed by atoms with Crippen molar-refractivity contribution in [3.05, 3.63) is 41.2 Å². The number of amidine groups is 1. The Hall–Kier alpha value is -2.83. The van der Waals surface area contributed by atoms with Gasteiger partial charge in [0.2, 0.25) is 0 Å². The lowest BCUT2D eigenvalue weighted by atomic mass is 10.1. The van der Waals surface area contributed by atoms with E-state index in [9.17, 15) is 4.79 Å². The standard InChI is InChI=1S/C20H26N6O/c1-14-4-5-17(15(2)10-14)23-20(27)25-8-6-24(7-9-25)18-11-19-22-16(3)12-26(19)13-21-18/h4-5,10-11,13,16H,6-9,12H2,1-3H3,(H,23,27). The van der Waals surface area contributed by atoms with Gasteiger partial charge in [0.15, 0.2) is 0 Å². The third-order valence-corrected chi connectivity index (χ3v) is 5.21. The van der Waals surface area contributed by atoms with E-state index in [1.807, 2.05) is 30.3 Å². The maximum Gasteiger partial charge on any atom is 0.321 e. The van der Waals surface area contributed by atoms with E-state index in [-0.39, 0.29) is 6.03 Å². The molecule has 3 aliphatic heterocycles. The second kappa shape index (κ2) is 7.06. The van der Waals surface area contributed by atoms with E-state index < -0.39 is 0 Å². The smallest absolute Gasteiger partial charge is 0.321 e. The highest BCUT2D eigenvalue weighted by Crippen LogP contribution is 2.20. The molecule has 7 heteroatoms. The maximum atomic E-state index is 12.6. The zero-order valence-electron chi connectivity index (χ0n) is 16.1. The van der Waals surface area contributed by atoms with Gasteiger partial charge >= 0.3 is 6.03 Å². The summed E-state index contributed by atoms with van der Waals surface area (Å²) in [6.07, 6.45) is 3.92. The number of hydrogen-bond acceptors (Lipinski definition) is 5. The first-order valence-electron chi connectivity index (χ1n) is 9.48. The first kappa shape index (κ1) is 17.6. The van der Waals surface area contributed by atoms with Gasteiger partial charge in [0.25, 0.3) is 0 Å². The summed E-state index contributed by atoms with van der Waals surface area (Å²) >= 11 is 0. The van der Waals surface area contributed by atoms with Crippen LogP contribution in [0.5, 0.6) is 0 Å². The lowest BCUT2D eigenvalue weighted by Crippen LogP contribution is -2.50. The van der Waals surface area contributed by atoms with Gasteiger partial charge in [0.1, 0.15) is 11.7 Å². The van der Waals surface area contributed by atoms with Crippen LogP contribution in [0.2, 0.25) is 0 Å². The number of amides is 2. The average molecular weight is 366 g/mol. The molecular weight excluding hydrogens is 340 g/mol. The van der Waals surface area contributed by atoms with E-state index in [0.717, 1.165) is 42.5 Å². The number of urea groups is 1. The van der Waals surface area contributed by atoms with E-state index in [0.29, 0.717) is 19.1 Å². The lowest BCUT2D eigenvalue weighted by Gasteiger charge is -2.36. The second-order valence-corrected chi connectivity index (χ2v) is 7.46. The third-order valence-electron chi connectivity index (χ3n) is 5.21. The molecule has 0 aromatic heterocycles. The van der Waals surface area contributed by atoms with Crippen LogP contribution in [0.25, 0.3) is 0 Å². The van der Waals surface area contributed by atoms with Crippen molar-refractivity contribution in [1.82, 2.24) is 14.7 Å². The fourth-order valence-corrected chi connectivity index (χ4v) is 3.69. The summed E-state index contributed by atoms with van der Waals surface area (Å²) in [5.41, 5.74) is 3.15. The van der Waals surface area contributed by atoms with E-state index >= 15 is 0 Å². The number of nitrogens with one attached hydrogen (secondary N) is 1. The van der Waals surface area contributed by atoms with E-state index in [4.69, 9.17) is 0 Å². The van der Waals surface area contributed by atoms with Crippen molar-refractivity contribution in [2.75, 3.05) is 38.0 Å². The number of nitrogens with zero attached hydrogens (tertiary/aromatic N) is 5.